The summed E-state index contributed by atoms with van der Waals surface area (Å²) in [6.07, 6.45) is 7.01. The zero-order valence-electron chi connectivity index (χ0n) is 11.5. The molecule has 4 heteroatoms. The molecular weight excluding hydrogens is 228 g/mol. The van der Waals surface area contributed by atoms with Gasteiger partial charge in [0.05, 0.1) is 6.61 Å². The van der Waals surface area contributed by atoms with Crippen molar-refractivity contribution in [2.75, 3.05) is 46.9 Å². The molecule has 0 saturated carbocycles. The summed E-state index contributed by atoms with van der Waals surface area (Å²) < 4.78 is 5.50. The number of hydrogen-bond donors (Lipinski definition) is 0. The molecule has 0 unspecified atom stereocenters. The molecule has 2 heterocycles. The van der Waals surface area contributed by atoms with Crippen LogP contribution in [-0.2, 0) is 9.53 Å². The van der Waals surface area contributed by atoms with Crippen LogP contribution in [0.2, 0.25) is 0 Å². The largest absolute Gasteiger partial charge is 0.381 e. The molecule has 0 atom stereocenters. The summed E-state index contributed by atoms with van der Waals surface area (Å²) >= 11 is 0. The van der Waals surface area contributed by atoms with E-state index in [4.69, 9.17) is 4.74 Å². The Bertz CT molecular complexity index is 310. The second-order valence-corrected chi connectivity index (χ2v) is 5.79. The maximum Gasteiger partial charge on any atom is 0.246 e. The van der Waals surface area contributed by atoms with E-state index in [0.29, 0.717) is 5.41 Å². The van der Waals surface area contributed by atoms with Crippen molar-refractivity contribution in [1.29, 1.82) is 0 Å². The van der Waals surface area contributed by atoms with E-state index in [1.165, 1.54) is 6.42 Å². The summed E-state index contributed by atoms with van der Waals surface area (Å²) in [5.41, 5.74) is 0.379. The fourth-order valence-corrected chi connectivity index (χ4v) is 2.72. The van der Waals surface area contributed by atoms with Crippen LogP contribution < -0.4 is 0 Å². The molecule has 0 aromatic rings. The van der Waals surface area contributed by atoms with Gasteiger partial charge in [-0.05, 0) is 38.8 Å². The van der Waals surface area contributed by atoms with Gasteiger partial charge in [-0.15, -0.1) is 0 Å². The topological polar surface area (TPSA) is 32.8 Å². The monoisotopic (exact) mass is 252 g/mol. The summed E-state index contributed by atoms with van der Waals surface area (Å²) in [5.74, 6) is 0.158. The Morgan fingerprint density at radius 1 is 1.33 bits per heavy atom. The lowest BCUT2D eigenvalue weighted by atomic mass is 9.78. The molecule has 0 N–H and O–H groups in total. The van der Waals surface area contributed by atoms with Gasteiger partial charge < -0.3 is 14.5 Å². The standard InChI is InChI=1S/C14H24N2O2/c1-15(2)8-3-4-13(17)16-9-5-14(6-10-16)7-11-18-12-14/h3-4H,5-12H2,1-2H3/b4-3+. The van der Waals surface area contributed by atoms with Crippen molar-refractivity contribution >= 4 is 5.91 Å². The number of carbonyl (C=O) groups excluding carboxylic acids is 1. The number of rotatable bonds is 3. The van der Waals surface area contributed by atoms with Crippen LogP contribution in [0.3, 0.4) is 0 Å². The van der Waals surface area contributed by atoms with Crippen molar-refractivity contribution < 1.29 is 9.53 Å². The third kappa shape index (κ3) is 3.33. The highest BCUT2D eigenvalue weighted by molar-refractivity contribution is 5.87. The molecule has 2 saturated heterocycles. The fourth-order valence-electron chi connectivity index (χ4n) is 2.72. The van der Waals surface area contributed by atoms with E-state index in [1.54, 1.807) is 6.08 Å². The minimum atomic E-state index is 0.158. The molecule has 0 aromatic heterocycles. The van der Waals surface area contributed by atoms with Crippen molar-refractivity contribution in [3.63, 3.8) is 0 Å². The lowest BCUT2D eigenvalue weighted by molar-refractivity contribution is -0.128. The summed E-state index contributed by atoms with van der Waals surface area (Å²) in [4.78, 5) is 16.0. The molecule has 102 valence electrons. The molecule has 18 heavy (non-hydrogen) atoms. The molecule has 2 aliphatic rings. The Hall–Kier alpha value is -0.870. The maximum absolute atomic E-state index is 12.0. The van der Waals surface area contributed by atoms with E-state index in [0.717, 1.165) is 45.7 Å². The number of nitrogens with zero attached hydrogens (tertiary/aromatic N) is 2. The molecule has 2 fully saturated rings. The van der Waals surface area contributed by atoms with Crippen LogP contribution in [0.5, 0.6) is 0 Å². The summed E-state index contributed by atoms with van der Waals surface area (Å²) in [5, 5.41) is 0. The van der Waals surface area contributed by atoms with Crippen LogP contribution in [0.4, 0.5) is 0 Å². The fraction of sp³-hybridized carbons (Fsp3) is 0.786. The van der Waals surface area contributed by atoms with Crippen molar-refractivity contribution in [3.8, 4) is 0 Å². The molecule has 0 radical (unpaired) electrons. The van der Waals surface area contributed by atoms with Gasteiger partial charge in [-0.2, -0.15) is 0 Å². The van der Waals surface area contributed by atoms with Crippen molar-refractivity contribution in [2.45, 2.75) is 19.3 Å². The second kappa shape index (κ2) is 5.85. The number of ether oxygens (including phenoxy) is 1. The van der Waals surface area contributed by atoms with Gasteiger partial charge in [-0.1, -0.05) is 6.08 Å². The smallest absolute Gasteiger partial charge is 0.246 e. The molecule has 0 bridgehead atoms. The Kier molecular flexibility index (Phi) is 4.40. The Morgan fingerprint density at radius 3 is 2.61 bits per heavy atom. The third-order valence-electron chi connectivity index (χ3n) is 4.05. The third-order valence-corrected chi connectivity index (χ3v) is 4.05. The molecule has 2 aliphatic heterocycles. The van der Waals surface area contributed by atoms with Gasteiger partial charge in [-0.3, -0.25) is 4.79 Å². The molecule has 1 amide bonds. The average molecular weight is 252 g/mol. The van der Waals surface area contributed by atoms with Gasteiger partial charge in [-0.25, -0.2) is 0 Å². The number of likely N-dealkylation sites (N-methyl/N-ethyl adjacent to an activating group) is 1. The average Bonchev–Trinajstić information content (AvgIpc) is 2.78. The first kappa shape index (κ1) is 13.6. The lowest BCUT2D eigenvalue weighted by Gasteiger charge is -2.37. The van der Waals surface area contributed by atoms with E-state index in [-0.39, 0.29) is 5.91 Å². The van der Waals surface area contributed by atoms with Gasteiger partial charge >= 0.3 is 0 Å². The quantitative estimate of drug-likeness (QED) is 0.706. The molecule has 2 rings (SSSR count). The Labute approximate surface area is 110 Å². The molecular formula is C14H24N2O2. The zero-order valence-corrected chi connectivity index (χ0v) is 11.5. The summed E-state index contributed by atoms with van der Waals surface area (Å²) in [6.45, 7) is 4.38. The highest BCUT2D eigenvalue weighted by Crippen LogP contribution is 2.38. The van der Waals surface area contributed by atoms with Crippen molar-refractivity contribution in [3.05, 3.63) is 12.2 Å². The van der Waals surface area contributed by atoms with Gasteiger partial charge in [0, 0.05) is 32.3 Å². The number of amides is 1. The number of carbonyl (C=O) groups is 1. The lowest BCUT2D eigenvalue weighted by Crippen LogP contribution is -2.42. The Morgan fingerprint density at radius 2 is 2.06 bits per heavy atom. The van der Waals surface area contributed by atoms with Crippen LogP contribution in [0.25, 0.3) is 0 Å². The first-order valence-corrected chi connectivity index (χ1v) is 6.79. The van der Waals surface area contributed by atoms with Crippen LogP contribution in [0, 0.1) is 5.41 Å². The first-order valence-electron chi connectivity index (χ1n) is 6.79. The van der Waals surface area contributed by atoms with Crippen LogP contribution in [0.1, 0.15) is 19.3 Å². The van der Waals surface area contributed by atoms with E-state index >= 15 is 0 Å². The molecule has 1 spiro atoms. The van der Waals surface area contributed by atoms with E-state index in [1.807, 2.05) is 30.0 Å². The Balaban J connectivity index is 1.78. The second-order valence-electron chi connectivity index (χ2n) is 5.79. The van der Waals surface area contributed by atoms with E-state index in [2.05, 4.69) is 0 Å². The summed E-state index contributed by atoms with van der Waals surface area (Å²) in [7, 11) is 4.00. The van der Waals surface area contributed by atoms with Crippen LogP contribution in [0.15, 0.2) is 12.2 Å². The predicted molar refractivity (Wildman–Crippen MR) is 71.4 cm³/mol. The van der Waals surface area contributed by atoms with Crippen LogP contribution in [-0.4, -0.2) is 62.7 Å². The van der Waals surface area contributed by atoms with Gasteiger partial charge in [0.1, 0.15) is 0 Å². The van der Waals surface area contributed by atoms with Gasteiger partial charge in [0.15, 0.2) is 0 Å². The molecule has 0 aliphatic carbocycles. The number of likely N-dealkylation sites (tertiary alicyclic amines) is 1. The minimum Gasteiger partial charge on any atom is -0.381 e. The summed E-state index contributed by atoms with van der Waals surface area (Å²) in [6, 6.07) is 0. The van der Waals surface area contributed by atoms with E-state index in [9.17, 15) is 4.79 Å². The van der Waals surface area contributed by atoms with Gasteiger partial charge in [0.2, 0.25) is 5.91 Å². The van der Waals surface area contributed by atoms with Gasteiger partial charge in [0.25, 0.3) is 0 Å². The minimum absolute atomic E-state index is 0.158. The van der Waals surface area contributed by atoms with Crippen molar-refractivity contribution in [2.24, 2.45) is 5.41 Å². The predicted octanol–water partition coefficient (Wildman–Crippen LogP) is 1.13. The first-order chi connectivity index (χ1) is 8.61. The number of piperidine rings is 1. The van der Waals surface area contributed by atoms with Crippen LogP contribution >= 0.6 is 0 Å². The SMILES string of the molecule is CN(C)C/C=C/C(=O)N1CCC2(CCOC2)CC1. The highest BCUT2D eigenvalue weighted by Gasteiger charge is 2.38. The van der Waals surface area contributed by atoms with Crippen molar-refractivity contribution in [1.82, 2.24) is 9.80 Å². The zero-order chi connectivity index (χ0) is 13.0. The molecule has 4 nitrogen and oxygen atoms in total. The maximum atomic E-state index is 12.0. The number of hydrogen-bond acceptors (Lipinski definition) is 3. The highest BCUT2D eigenvalue weighted by atomic mass is 16.5. The van der Waals surface area contributed by atoms with E-state index < -0.39 is 0 Å². The normalized spacial score (nSPS) is 23.4. The molecule has 0 aromatic carbocycles.